The number of hydrogen-bond acceptors (Lipinski definition) is 4. The first-order valence-corrected chi connectivity index (χ1v) is 9.74. The number of methoxy groups -OCH3 is 1. The van der Waals surface area contributed by atoms with Crippen LogP contribution < -0.4 is 0 Å². The lowest BCUT2D eigenvalue weighted by Crippen LogP contribution is -2.32. The van der Waals surface area contributed by atoms with E-state index in [9.17, 15) is 9.90 Å². The maximum atomic E-state index is 13.1. The largest absolute Gasteiger partial charge is 0.507 e. The fourth-order valence-corrected chi connectivity index (χ4v) is 3.94. The monoisotopic (exact) mass is 411 g/mol. The summed E-state index contributed by atoms with van der Waals surface area (Å²) in [4.78, 5) is 14.9. The standard InChI is InChI=1S/C22H22ClN3O3/c1-12-4-6-14(7-5-12)21-18-19(15-11-16(23)13(2)10-17(15)27)24-25-20(18)22(28)26(21)8-9-29-3/h4-7,10-11,21,27H,8-9H2,1-3H3,(H,24,25). The first kappa shape index (κ1) is 19.5. The second-order valence-corrected chi connectivity index (χ2v) is 7.69. The molecule has 1 unspecified atom stereocenters. The van der Waals surface area contributed by atoms with Gasteiger partial charge in [0.05, 0.1) is 12.6 Å². The molecule has 4 rings (SSSR count). The predicted octanol–water partition coefficient (Wildman–Crippen LogP) is 4.24. The number of phenols is 1. The van der Waals surface area contributed by atoms with Crippen molar-refractivity contribution in [1.29, 1.82) is 0 Å². The molecule has 7 heteroatoms. The summed E-state index contributed by atoms with van der Waals surface area (Å²) >= 11 is 6.31. The van der Waals surface area contributed by atoms with Gasteiger partial charge in [-0.25, -0.2) is 0 Å². The highest BCUT2D eigenvalue weighted by Crippen LogP contribution is 2.45. The molecule has 2 N–H and O–H groups in total. The zero-order valence-electron chi connectivity index (χ0n) is 16.5. The van der Waals surface area contributed by atoms with Crippen molar-refractivity contribution in [3.05, 3.63) is 69.4 Å². The number of H-pyrrole nitrogens is 1. The maximum absolute atomic E-state index is 13.1. The van der Waals surface area contributed by atoms with Gasteiger partial charge in [-0.15, -0.1) is 0 Å². The molecule has 0 bridgehead atoms. The highest BCUT2D eigenvalue weighted by atomic mass is 35.5. The van der Waals surface area contributed by atoms with Gasteiger partial charge < -0.3 is 14.7 Å². The number of amides is 1. The van der Waals surface area contributed by atoms with Crippen molar-refractivity contribution in [3.63, 3.8) is 0 Å². The Bertz CT molecular complexity index is 1080. The lowest BCUT2D eigenvalue weighted by atomic mass is 9.95. The predicted molar refractivity (Wildman–Crippen MR) is 111 cm³/mol. The zero-order chi connectivity index (χ0) is 20.7. The molecule has 0 spiro atoms. The Kier molecular flexibility index (Phi) is 5.06. The molecule has 1 atom stereocenters. The Morgan fingerprint density at radius 1 is 1.24 bits per heavy atom. The van der Waals surface area contributed by atoms with Gasteiger partial charge in [0, 0.05) is 29.8 Å². The normalized spacial score (nSPS) is 15.8. The summed E-state index contributed by atoms with van der Waals surface area (Å²) in [5, 5.41) is 18.3. The molecule has 29 heavy (non-hydrogen) atoms. The highest BCUT2D eigenvalue weighted by molar-refractivity contribution is 6.31. The van der Waals surface area contributed by atoms with Crippen LogP contribution in [0.1, 0.15) is 38.8 Å². The number of aromatic amines is 1. The third-order valence-corrected chi connectivity index (χ3v) is 5.73. The van der Waals surface area contributed by atoms with Crippen molar-refractivity contribution in [1.82, 2.24) is 15.1 Å². The van der Waals surface area contributed by atoms with Crippen LogP contribution in [0.5, 0.6) is 5.75 Å². The molecule has 2 aromatic carbocycles. The van der Waals surface area contributed by atoms with Crippen LogP contribution >= 0.6 is 11.6 Å². The van der Waals surface area contributed by atoms with E-state index in [-0.39, 0.29) is 17.7 Å². The van der Waals surface area contributed by atoms with Crippen LogP contribution in [-0.2, 0) is 4.74 Å². The van der Waals surface area contributed by atoms with E-state index in [0.29, 0.717) is 35.1 Å². The van der Waals surface area contributed by atoms with Gasteiger partial charge in [0.25, 0.3) is 5.91 Å². The summed E-state index contributed by atoms with van der Waals surface area (Å²) < 4.78 is 5.22. The SMILES string of the molecule is COCCN1C(=O)c2[nH]nc(-c3cc(Cl)c(C)cc3O)c2C1c1ccc(C)cc1. The van der Waals surface area contributed by atoms with Crippen molar-refractivity contribution < 1.29 is 14.6 Å². The molecule has 1 aromatic heterocycles. The van der Waals surface area contributed by atoms with Crippen LogP contribution in [0.25, 0.3) is 11.3 Å². The molecular weight excluding hydrogens is 390 g/mol. The molecule has 6 nitrogen and oxygen atoms in total. The number of phenolic OH excluding ortho intramolecular Hbond substituents is 1. The average molecular weight is 412 g/mol. The van der Waals surface area contributed by atoms with Gasteiger partial charge in [-0.3, -0.25) is 9.89 Å². The minimum absolute atomic E-state index is 0.0756. The fraction of sp³-hybridized carbons (Fsp3) is 0.273. The first-order valence-electron chi connectivity index (χ1n) is 9.36. The molecule has 2 heterocycles. The van der Waals surface area contributed by atoms with Crippen LogP contribution in [0.15, 0.2) is 36.4 Å². The van der Waals surface area contributed by atoms with Crippen molar-refractivity contribution in [2.75, 3.05) is 20.3 Å². The Hall–Kier alpha value is -2.83. The number of fused-ring (bicyclic) bond motifs is 1. The molecule has 1 amide bonds. The number of nitrogens with one attached hydrogen (secondary N) is 1. The van der Waals surface area contributed by atoms with Gasteiger partial charge in [0.15, 0.2) is 0 Å². The van der Waals surface area contributed by atoms with Crippen molar-refractivity contribution in [3.8, 4) is 17.0 Å². The van der Waals surface area contributed by atoms with Gasteiger partial charge >= 0.3 is 0 Å². The van der Waals surface area contributed by atoms with Crippen LogP contribution in [-0.4, -0.2) is 46.4 Å². The average Bonchev–Trinajstić information content (AvgIpc) is 3.23. The summed E-state index contributed by atoms with van der Waals surface area (Å²) in [5.74, 6) is -0.0641. The lowest BCUT2D eigenvalue weighted by Gasteiger charge is -2.26. The van der Waals surface area contributed by atoms with E-state index in [0.717, 1.165) is 22.3 Å². The molecule has 1 aliphatic rings. The van der Waals surface area contributed by atoms with Crippen LogP contribution in [0, 0.1) is 13.8 Å². The number of aromatic hydroxyl groups is 1. The Labute approximate surface area is 174 Å². The van der Waals surface area contributed by atoms with Crippen molar-refractivity contribution in [2.24, 2.45) is 0 Å². The number of aromatic nitrogens is 2. The van der Waals surface area contributed by atoms with Crippen LogP contribution in [0.3, 0.4) is 0 Å². The molecule has 150 valence electrons. The van der Waals surface area contributed by atoms with E-state index in [4.69, 9.17) is 16.3 Å². The molecule has 0 saturated carbocycles. The van der Waals surface area contributed by atoms with Gasteiger partial charge in [-0.05, 0) is 37.1 Å². The van der Waals surface area contributed by atoms with Crippen molar-refractivity contribution in [2.45, 2.75) is 19.9 Å². The number of aryl methyl sites for hydroxylation is 2. The molecule has 0 radical (unpaired) electrons. The van der Waals surface area contributed by atoms with Gasteiger partial charge in [-0.2, -0.15) is 5.10 Å². The Balaban J connectivity index is 1.89. The van der Waals surface area contributed by atoms with Gasteiger partial charge in [-0.1, -0.05) is 41.4 Å². The number of ether oxygens (including phenoxy) is 1. The van der Waals surface area contributed by atoms with Gasteiger partial charge in [0.1, 0.15) is 17.1 Å². The Morgan fingerprint density at radius 2 is 1.97 bits per heavy atom. The number of halogens is 1. The van der Waals surface area contributed by atoms with Gasteiger partial charge in [0.2, 0.25) is 0 Å². The first-order chi connectivity index (χ1) is 13.9. The molecule has 0 aliphatic carbocycles. The summed E-state index contributed by atoms with van der Waals surface area (Å²) in [6.07, 6.45) is 0. The third-order valence-electron chi connectivity index (χ3n) is 5.33. The number of nitrogens with zero attached hydrogens (tertiary/aromatic N) is 2. The number of rotatable bonds is 5. The molecule has 0 fully saturated rings. The Morgan fingerprint density at radius 3 is 2.66 bits per heavy atom. The number of carbonyl (C=O) groups is 1. The van der Waals surface area contributed by atoms with Crippen LogP contribution in [0.2, 0.25) is 5.02 Å². The van der Waals surface area contributed by atoms with E-state index < -0.39 is 0 Å². The molecule has 3 aromatic rings. The smallest absolute Gasteiger partial charge is 0.273 e. The quantitative estimate of drug-likeness (QED) is 0.658. The minimum Gasteiger partial charge on any atom is -0.507 e. The minimum atomic E-state index is -0.332. The lowest BCUT2D eigenvalue weighted by molar-refractivity contribution is 0.0677. The fourth-order valence-electron chi connectivity index (χ4n) is 3.77. The topological polar surface area (TPSA) is 78.5 Å². The second-order valence-electron chi connectivity index (χ2n) is 7.28. The van der Waals surface area contributed by atoms with E-state index in [1.54, 1.807) is 24.1 Å². The zero-order valence-corrected chi connectivity index (χ0v) is 17.2. The summed E-state index contributed by atoms with van der Waals surface area (Å²) in [7, 11) is 1.61. The molecular formula is C22H22ClN3O3. The molecule has 0 saturated heterocycles. The maximum Gasteiger partial charge on any atom is 0.273 e. The summed E-state index contributed by atoms with van der Waals surface area (Å²) in [6, 6.07) is 11.0. The van der Waals surface area contributed by atoms with E-state index in [1.807, 2.05) is 38.1 Å². The van der Waals surface area contributed by atoms with Crippen molar-refractivity contribution >= 4 is 17.5 Å². The van der Waals surface area contributed by atoms with E-state index in [2.05, 4.69) is 10.2 Å². The van der Waals surface area contributed by atoms with E-state index in [1.165, 1.54) is 0 Å². The van der Waals surface area contributed by atoms with Crippen LogP contribution in [0.4, 0.5) is 0 Å². The summed E-state index contributed by atoms with van der Waals surface area (Å²) in [5.41, 5.74) is 5.07. The third kappa shape index (κ3) is 3.28. The number of benzene rings is 2. The highest BCUT2D eigenvalue weighted by Gasteiger charge is 2.42. The molecule has 1 aliphatic heterocycles. The number of carbonyl (C=O) groups excluding carboxylic acids is 1. The number of hydrogen-bond donors (Lipinski definition) is 2. The second kappa shape index (κ2) is 7.54. The van der Waals surface area contributed by atoms with E-state index >= 15 is 0 Å². The summed E-state index contributed by atoms with van der Waals surface area (Å²) in [6.45, 7) is 4.71.